The van der Waals surface area contributed by atoms with E-state index in [9.17, 15) is 4.79 Å². The average molecular weight is 354 g/mol. The molecular formula is C18H18N4O2S. The van der Waals surface area contributed by atoms with Crippen molar-refractivity contribution in [2.75, 3.05) is 12.9 Å². The minimum atomic E-state index is -0.391. The fourth-order valence-electron chi connectivity index (χ4n) is 2.47. The van der Waals surface area contributed by atoms with Gasteiger partial charge in [0.2, 0.25) is 5.91 Å². The number of nitrogens with zero attached hydrogens (tertiary/aromatic N) is 3. The second-order valence-corrected chi connectivity index (χ2v) is 6.28. The summed E-state index contributed by atoms with van der Waals surface area (Å²) in [7, 11) is 1.62. The van der Waals surface area contributed by atoms with Gasteiger partial charge in [0.25, 0.3) is 0 Å². The van der Waals surface area contributed by atoms with Gasteiger partial charge in [-0.25, -0.2) is 0 Å². The molecule has 0 aliphatic heterocycles. The van der Waals surface area contributed by atoms with Crippen molar-refractivity contribution in [3.05, 3.63) is 60.2 Å². The maximum atomic E-state index is 11.1. The lowest BCUT2D eigenvalue weighted by molar-refractivity contribution is -0.115. The number of rotatable bonds is 7. The molecule has 25 heavy (non-hydrogen) atoms. The lowest BCUT2D eigenvalue weighted by atomic mass is 10.1. The van der Waals surface area contributed by atoms with Gasteiger partial charge < -0.3 is 10.5 Å². The number of aromatic nitrogens is 3. The molecule has 1 aromatic heterocycles. The molecule has 0 atom stereocenters. The van der Waals surface area contributed by atoms with E-state index in [4.69, 9.17) is 10.5 Å². The predicted octanol–water partition coefficient (Wildman–Crippen LogP) is 2.58. The largest absolute Gasteiger partial charge is 0.496 e. The van der Waals surface area contributed by atoms with Gasteiger partial charge >= 0.3 is 0 Å². The molecule has 2 aromatic carbocycles. The van der Waals surface area contributed by atoms with Gasteiger partial charge in [0.05, 0.1) is 25.0 Å². The third kappa shape index (κ3) is 4.00. The number of carbonyl (C=O) groups excluding carboxylic acids is 1. The topological polar surface area (TPSA) is 83.0 Å². The number of para-hydroxylation sites is 1. The SMILES string of the molecule is COc1ccccc1-c1nnc(SCC(N)=O)n1Cc1ccccc1. The standard InChI is InChI=1S/C18H18N4O2S/c1-24-15-10-6-5-9-14(15)17-20-21-18(25-12-16(19)23)22(17)11-13-7-3-2-4-8-13/h2-10H,11-12H2,1H3,(H2,19,23). The van der Waals surface area contributed by atoms with Gasteiger partial charge in [0.15, 0.2) is 11.0 Å². The van der Waals surface area contributed by atoms with E-state index in [2.05, 4.69) is 10.2 Å². The fraction of sp³-hybridized carbons (Fsp3) is 0.167. The number of hydrogen-bond acceptors (Lipinski definition) is 5. The number of primary amides is 1. The first-order valence-corrected chi connectivity index (χ1v) is 8.69. The first kappa shape index (κ1) is 17.0. The fourth-order valence-corrected chi connectivity index (χ4v) is 3.15. The first-order valence-electron chi connectivity index (χ1n) is 7.70. The van der Waals surface area contributed by atoms with E-state index in [0.29, 0.717) is 17.5 Å². The van der Waals surface area contributed by atoms with Crippen molar-refractivity contribution in [1.29, 1.82) is 0 Å². The van der Waals surface area contributed by atoms with Crippen LogP contribution in [0.4, 0.5) is 0 Å². The van der Waals surface area contributed by atoms with Crippen LogP contribution < -0.4 is 10.5 Å². The van der Waals surface area contributed by atoms with Crippen LogP contribution in [0.1, 0.15) is 5.56 Å². The van der Waals surface area contributed by atoms with Gasteiger partial charge in [-0.05, 0) is 17.7 Å². The van der Waals surface area contributed by atoms with Crippen molar-refractivity contribution in [1.82, 2.24) is 14.8 Å². The molecule has 0 aliphatic rings. The molecule has 6 nitrogen and oxygen atoms in total. The highest BCUT2D eigenvalue weighted by Crippen LogP contribution is 2.31. The monoisotopic (exact) mass is 354 g/mol. The van der Waals surface area contributed by atoms with Crippen molar-refractivity contribution in [2.45, 2.75) is 11.7 Å². The summed E-state index contributed by atoms with van der Waals surface area (Å²) in [4.78, 5) is 11.1. The Labute approximate surface area is 150 Å². The van der Waals surface area contributed by atoms with Gasteiger partial charge in [0, 0.05) is 0 Å². The van der Waals surface area contributed by atoms with Crippen LogP contribution in [-0.4, -0.2) is 33.5 Å². The summed E-state index contributed by atoms with van der Waals surface area (Å²) < 4.78 is 7.42. The number of hydrogen-bond donors (Lipinski definition) is 1. The number of benzene rings is 2. The number of ether oxygens (including phenoxy) is 1. The zero-order valence-corrected chi connectivity index (χ0v) is 14.6. The number of methoxy groups -OCH3 is 1. The van der Waals surface area contributed by atoms with Crippen LogP contribution in [0.3, 0.4) is 0 Å². The molecule has 7 heteroatoms. The summed E-state index contributed by atoms with van der Waals surface area (Å²) in [6.07, 6.45) is 0. The number of carbonyl (C=O) groups is 1. The summed E-state index contributed by atoms with van der Waals surface area (Å²) in [5.74, 6) is 1.17. The number of amides is 1. The van der Waals surface area contributed by atoms with E-state index < -0.39 is 5.91 Å². The van der Waals surface area contributed by atoms with E-state index in [1.807, 2.05) is 59.2 Å². The molecule has 0 radical (unpaired) electrons. The Kier molecular flexibility index (Phi) is 5.35. The van der Waals surface area contributed by atoms with Crippen molar-refractivity contribution < 1.29 is 9.53 Å². The Morgan fingerprint density at radius 1 is 1.12 bits per heavy atom. The van der Waals surface area contributed by atoms with Gasteiger partial charge in [-0.15, -0.1) is 10.2 Å². The molecule has 0 saturated heterocycles. The van der Waals surface area contributed by atoms with Crippen LogP contribution in [-0.2, 0) is 11.3 Å². The van der Waals surface area contributed by atoms with Crippen LogP contribution in [0, 0.1) is 0 Å². The maximum Gasteiger partial charge on any atom is 0.227 e. The van der Waals surface area contributed by atoms with Gasteiger partial charge in [-0.3, -0.25) is 9.36 Å². The molecule has 3 rings (SSSR count). The quantitative estimate of drug-likeness (QED) is 0.659. The minimum absolute atomic E-state index is 0.152. The summed E-state index contributed by atoms with van der Waals surface area (Å²) in [5.41, 5.74) is 7.23. The van der Waals surface area contributed by atoms with Crippen molar-refractivity contribution in [3.63, 3.8) is 0 Å². The Balaban J connectivity index is 2.04. The second kappa shape index (κ2) is 7.85. The molecule has 0 spiro atoms. The van der Waals surface area contributed by atoms with Crippen molar-refractivity contribution in [3.8, 4) is 17.1 Å². The van der Waals surface area contributed by atoms with E-state index >= 15 is 0 Å². The lowest BCUT2D eigenvalue weighted by Crippen LogP contribution is -2.14. The van der Waals surface area contributed by atoms with Crippen LogP contribution in [0.2, 0.25) is 0 Å². The lowest BCUT2D eigenvalue weighted by Gasteiger charge is -2.12. The second-order valence-electron chi connectivity index (χ2n) is 5.33. The average Bonchev–Trinajstić information content (AvgIpc) is 3.03. The van der Waals surface area contributed by atoms with Crippen molar-refractivity contribution >= 4 is 17.7 Å². The molecule has 0 saturated carbocycles. The summed E-state index contributed by atoms with van der Waals surface area (Å²) >= 11 is 1.28. The molecule has 0 fully saturated rings. The smallest absolute Gasteiger partial charge is 0.227 e. The Morgan fingerprint density at radius 3 is 2.56 bits per heavy atom. The zero-order valence-electron chi connectivity index (χ0n) is 13.8. The van der Waals surface area contributed by atoms with Crippen LogP contribution in [0.5, 0.6) is 5.75 Å². The predicted molar refractivity (Wildman–Crippen MR) is 97.5 cm³/mol. The van der Waals surface area contributed by atoms with E-state index in [-0.39, 0.29) is 5.75 Å². The Bertz CT molecular complexity index is 865. The third-order valence-electron chi connectivity index (χ3n) is 3.59. The normalized spacial score (nSPS) is 10.6. The summed E-state index contributed by atoms with van der Waals surface area (Å²) in [5, 5.41) is 9.22. The van der Waals surface area contributed by atoms with Gasteiger partial charge in [0.1, 0.15) is 5.75 Å². The van der Waals surface area contributed by atoms with E-state index in [0.717, 1.165) is 16.9 Å². The van der Waals surface area contributed by atoms with E-state index in [1.54, 1.807) is 7.11 Å². The summed E-state index contributed by atoms with van der Waals surface area (Å²) in [6.45, 7) is 0.586. The molecule has 0 bridgehead atoms. The zero-order chi connectivity index (χ0) is 17.6. The van der Waals surface area contributed by atoms with Gasteiger partial charge in [-0.2, -0.15) is 0 Å². The van der Waals surface area contributed by atoms with E-state index in [1.165, 1.54) is 11.8 Å². The molecule has 0 aliphatic carbocycles. The molecule has 128 valence electrons. The maximum absolute atomic E-state index is 11.1. The van der Waals surface area contributed by atoms with Crippen LogP contribution in [0.25, 0.3) is 11.4 Å². The van der Waals surface area contributed by atoms with Crippen LogP contribution >= 0.6 is 11.8 Å². The minimum Gasteiger partial charge on any atom is -0.496 e. The molecule has 1 heterocycles. The van der Waals surface area contributed by atoms with Crippen molar-refractivity contribution in [2.24, 2.45) is 5.73 Å². The highest BCUT2D eigenvalue weighted by Gasteiger charge is 2.18. The molecule has 3 aromatic rings. The molecule has 0 unspecified atom stereocenters. The molecular weight excluding hydrogens is 336 g/mol. The molecule has 2 N–H and O–H groups in total. The Hall–Kier alpha value is -2.80. The highest BCUT2D eigenvalue weighted by molar-refractivity contribution is 7.99. The number of nitrogens with two attached hydrogens (primary N) is 1. The highest BCUT2D eigenvalue weighted by atomic mass is 32.2. The van der Waals surface area contributed by atoms with Gasteiger partial charge in [-0.1, -0.05) is 54.2 Å². The summed E-state index contributed by atoms with van der Waals surface area (Å²) in [6, 6.07) is 17.7. The third-order valence-corrected chi connectivity index (χ3v) is 4.58. The molecule has 1 amide bonds. The Morgan fingerprint density at radius 2 is 1.84 bits per heavy atom. The first-order chi connectivity index (χ1) is 12.2. The number of thioether (sulfide) groups is 1. The van der Waals surface area contributed by atoms with Crippen LogP contribution in [0.15, 0.2) is 59.8 Å².